The van der Waals surface area contributed by atoms with Crippen molar-refractivity contribution >= 4 is 34.4 Å². The summed E-state index contributed by atoms with van der Waals surface area (Å²) in [6, 6.07) is 2.67. The largest absolute Gasteiger partial charge is 0.458 e. The molecule has 0 unspecified atom stereocenters. The number of nitrogens with zero attached hydrogens (tertiary/aromatic N) is 4. The summed E-state index contributed by atoms with van der Waals surface area (Å²) < 4.78 is 5.68. The molecule has 8 N–H and O–H groups in total. The van der Waals surface area contributed by atoms with Gasteiger partial charge in [0.15, 0.2) is 11.7 Å². The van der Waals surface area contributed by atoms with Gasteiger partial charge in [0, 0.05) is 12.4 Å². The number of guanidine groups is 2. The van der Waals surface area contributed by atoms with Crippen LogP contribution in [0.25, 0.3) is 11.5 Å². The maximum absolute atomic E-state index is 10.7. The summed E-state index contributed by atoms with van der Waals surface area (Å²) in [5.74, 6) is 1.12. The number of nitrogens with two attached hydrogens (primary N) is 4. The molecule has 2 aromatic heterocycles. The zero-order chi connectivity index (χ0) is 17.0. The van der Waals surface area contributed by atoms with E-state index in [1.807, 2.05) is 0 Å². The average Bonchev–Trinajstić information content (AvgIpc) is 3.06. The Kier molecular flexibility index (Phi) is 4.81. The first kappa shape index (κ1) is 16.3. The highest BCUT2D eigenvalue weighted by atomic mass is 32.1. The van der Waals surface area contributed by atoms with Crippen LogP contribution in [0.3, 0.4) is 0 Å². The summed E-state index contributed by atoms with van der Waals surface area (Å²) in [5.41, 5.74) is 21.8. The Balaban J connectivity index is 2.10. The summed E-state index contributed by atoms with van der Waals surface area (Å²) in [5, 5.41) is 2.21. The van der Waals surface area contributed by atoms with Crippen molar-refractivity contribution in [1.82, 2.24) is 9.88 Å². The first-order valence-electron chi connectivity index (χ1n) is 6.34. The number of primary amides is 1. The van der Waals surface area contributed by atoms with Crippen molar-refractivity contribution in [3.05, 3.63) is 23.3 Å². The normalized spacial score (nSPS) is 11.3. The third-order valence-electron chi connectivity index (χ3n) is 2.64. The molecule has 2 amide bonds. The van der Waals surface area contributed by atoms with E-state index >= 15 is 0 Å². The van der Waals surface area contributed by atoms with Crippen molar-refractivity contribution in [3.63, 3.8) is 0 Å². The van der Waals surface area contributed by atoms with Gasteiger partial charge in [0.25, 0.3) is 0 Å². The van der Waals surface area contributed by atoms with Crippen LogP contribution in [-0.2, 0) is 6.54 Å². The van der Waals surface area contributed by atoms with Crippen molar-refractivity contribution in [2.45, 2.75) is 6.54 Å². The molecule has 23 heavy (non-hydrogen) atoms. The molecule has 0 spiro atoms. The SMILES string of the molecule is CN(Cc1ccc(-c2csc(N=C(N)N)n2)o1)C(N)=NC(N)=O. The molecule has 0 saturated heterocycles. The molecule has 0 aliphatic carbocycles. The number of thiazole rings is 1. The van der Waals surface area contributed by atoms with E-state index in [2.05, 4.69) is 15.0 Å². The number of aromatic nitrogens is 1. The van der Waals surface area contributed by atoms with Gasteiger partial charge in [0.05, 0.1) is 6.54 Å². The molecule has 0 fully saturated rings. The monoisotopic (exact) mass is 336 g/mol. The van der Waals surface area contributed by atoms with Crippen molar-refractivity contribution in [2.75, 3.05) is 7.05 Å². The fourth-order valence-corrected chi connectivity index (χ4v) is 2.35. The van der Waals surface area contributed by atoms with E-state index in [0.717, 1.165) is 0 Å². The Hall–Kier alpha value is -3.08. The number of carbonyl (C=O) groups is 1. The predicted octanol–water partition coefficient (Wildman–Crippen LogP) is 0.133. The van der Waals surface area contributed by atoms with E-state index in [4.69, 9.17) is 27.4 Å². The number of hydrogen-bond donors (Lipinski definition) is 4. The zero-order valence-electron chi connectivity index (χ0n) is 12.3. The molecule has 2 aromatic rings. The molecule has 0 atom stereocenters. The van der Waals surface area contributed by atoms with Crippen LogP contribution in [0, 0.1) is 0 Å². The van der Waals surface area contributed by atoms with Crippen LogP contribution in [0.5, 0.6) is 0 Å². The minimum atomic E-state index is -0.857. The number of furan rings is 1. The molecule has 0 bridgehead atoms. The van der Waals surface area contributed by atoms with E-state index in [-0.39, 0.29) is 11.9 Å². The van der Waals surface area contributed by atoms with E-state index in [1.165, 1.54) is 16.2 Å². The summed E-state index contributed by atoms with van der Waals surface area (Å²) in [6.45, 7) is 0.313. The van der Waals surface area contributed by atoms with Gasteiger partial charge in [-0.25, -0.2) is 9.78 Å². The van der Waals surface area contributed by atoms with E-state index in [0.29, 0.717) is 28.9 Å². The third kappa shape index (κ3) is 4.44. The molecule has 11 heteroatoms. The third-order valence-corrected chi connectivity index (χ3v) is 3.37. The Morgan fingerprint density at radius 3 is 2.74 bits per heavy atom. The van der Waals surface area contributed by atoms with Gasteiger partial charge < -0.3 is 32.3 Å². The smallest absolute Gasteiger partial charge is 0.341 e. The molecule has 2 heterocycles. The van der Waals surface area contributed by atoms with Gasteiger partial charge >= 0.3 is 6.03 Å². The van der Waals surface area contributed by atoms with Crippen molar-refractivity contribution in [1.29, 1.82) is 0 Å². The molecule has 0 aliphatic rings. The highest BCUT2D eigenvalue weighted by Crippen LogP contribution is 2.28. The molecular formula is C12H16N8O2S. The van der Waals surface area contributed by atoms with Gasteiger partial charge in [0.2, 0.25) is 11.1 Å². The predicted molar refractivity (Wildman–Crippen MR) is 88.0 cm³/mol. The van der Waals surface area contributed by atoms with Gasteiger partial charge in [-0.15, -0.1) is 11.3 Å². The Morgan fingerprint density at radius 2 is 2.09 bits per heavy atom. The van der Waals surface area contributed by atoms with Crippen molar-refractivity contribution in [3.8, 4) is 11.5 Å². The van der Waals surface area contributed by atoms with Gasteiger partial charge in [-0.05, 0) is 12.1 Å². The fourth-order valence-electron chi connectivity index (χ4n) is 1.65. The van der Waals surface area contributed by atoms with Gasteiger partial charge in [-0.3, -0.25) is 0 Å². The van der Waals surface area contributed by atoms with Crippen LogP contribution in [0.15, 0.2) is 31.9 Å². The lowest BCUT2D eigenvalue weighted by atomic mass is 10.3. The molecule has 0 saturated carbocycles. The number of carbonyl (C=O) groups excluding carboxylic acids is 1. The lowest BCUT2D eigenvalue weighted by Crippen LogP contribution is -2.34. The topological polar surface area (TPSA) is 175 Å². The van der Waals surface area contributed by atoms with E-state index in [9.17, 15) is 4.79 Å². The summed E-state index contributed by atoms with van der Waals surface area (Å²) in [7, 11) is 1.66. The second kappa shape index (κ2) is 6.79. The van der Waals surface area contributed by atoms with Crippen LogP contribution in [0.1, 0.15) is 5.76 Å². The van der Waals surface area contributed by atoms with E-state index in [1.54, 1.807) is 24.6 Å². The molecular weight excluding hydrogens is 320 g/mol. The second-order valence-electron chi connectivity index (χ2n) is 4.48. The number of hydrogen-bond acceptors (Lipinski definition) is 5. The quantitative estimate of drug-likeness (QED) is 0.453. The molecule has 0 radical (unpaired) electrons. The van der Waals surface area contributed by atoms with Crippen LogP contribution in [0.2, 0.25) is 0 Å². The van der Waals surface area contributed by atoms with Crippen LogP contribution < -0.4 is 22.9 Å². The summed E-state index contributed by atoms with van der Waals surface area (Å²) in [4.78, 5) is 23.8. The average molecular weight is 336 g/mol. The first-order valence-corrected chi connectivity index (χ1v) is 7.22. The molecule has 0 aliphatic heterocycles. The summed E-state index contributed by atoms with van der Waals surface area (Å²) >= 11 is 1.29. The second-order valence-corrected chi connectivity index (χ2v) is 5.32. The Bertz CT molecular complexity index is 759. The lowest BCUT2D eigenvalue weighted by Gasteiger charge is -2.15. The molecule has 122 valence electrons. The standard InChI is InChI=1S/C12H16N8O2S/c1-20(10(15)19-11(16)21)4-6-2-3-8(22-6)7-5-23-12(17-7)18-9(13)14/h2-3,5H,4H2,1H3,(H4,13,14,17,18)(H4,15,16,19,21). The maximum atomic E-state index is 10.7. The van der Waals surface area contributed by atoms with Crippen molar-refractivity contribution < 1.29 is 9.21 Å². The van der Waals surface area contributed by atoms with Gasteiger partial charge in [-0.2, -0.15) is 9.98 Å². The highest BCUT2D eigenvalue weighted by Gasteiger charge is 2.12. The number of amides is 2. The van der Waals surface area contributed by atoms with Crippen LogP contribution in [0.4, 0.5) is 9.93 Å². The van der Waals surface area contributed by atoms with Crippen molar-refractivity contribution in [2.24, 2.45) is 32.9 Å². The number of aliphatic imine (C=N–C) groups is 2. The lowest BCUT2D eigenvalue weighted by molar-refractivity contribution is 0.256. The van der Waals surface area contributed by atoms with Gasteiger partial charge in [0.1, 0.15) is 11.5 Å². The van der Waals surface area contributed by atoms with Gasteiger partial charge in [-0.1, -0.05) is 0 Å². The first-order chi connectivity index (χ1) is 10.8. The van der Waals surface area contributed by atoms with E-state index < -0.39 is 6.03 Å². The van der Waals surface area contributed by atoms with Crippen LogP contribution in [-0.4, -0.2) is 34.9 Å². The number of urea groups is 1. The minimum Gasteiger partial charge on any atom is -0.458 e. The zero-order valence-corrected chi connectivity index (χ0v) is 13.1. The Labute approximate surface area is 135 Å². The minimum absolute atomic E-state index is 0.000784. The Morgan fingerprint density at radius 1 is 1.35 bits per heavy atom. The maximum Gasteiger partial charge on any atom is 0.341 e. The van der Waals surface area contributed by atoms with Crippen LogP contribution >= 0.6 is 11.3 Å². The molecule has 2 rings (SSSR count). The number of rotatable bonds is 4. The highest BCUT2D eigenvalue weighted by molar-refractivity contribution is 7.13. The summed E-state index contributed by atoms with van der Waals surface area (Å²) in [6.07, 6.45) is 0. The molecule has 0 aromatic carbocycles. The fraction of sp³-hybridized carbons (Fsp3) is 0.167. The molecule has 10 nitrogen and oxygen atoms in total.